The molecule has 34 heavy (non-hydrogen) atoms. The van der Waals surface area contributed by atoms with Gasteiger partial charge in [0.05, 0.1) is 0 Å². The van der Waals surface area contributed by atoms with E-state index in [1.807, 2.05) is 26.0 Å². The Balaban J connectivity index is 1.56. The van der Waals surface area contributed by atoms with E-state index in [9.17, 15) is 14.0 Å². The van der Waals surface area contributed by atoms with E-state index in [-0.39, 0.29) is 23.7 Å². The van der Waals surface area contributed by atoms with Gasteiger partial charge in [-0.2, -0.15) is 0 Å². The van der Waals surface area contributed by atoms with Crippen molar-refractivity contribution in [2.75, 3.05) is 6.61 Å². The first-order valence-electron chi connectivity index (χ1n) is 11.2. The van der Waals surface area contributed by atoms with Crippen LogP contribution in [-0.2, 0) is 13.1 Å². The molecule has 0 aliphatic heterocycles. The third kappa shape index (κ3) is 4.79. The second-order valence-corrected chi connectivity index (χ2v) is 7.80. The number of imidazole rings is 1. The Morgan fingerprint density at radius 3 is 2.47 bits per heavy atom. The van der Waals surface area contributed by atoms with Crippen molar-refractivity contribution < 1.29 is 9.13 Å². The first-order chi connectivity index (χ1) is 16.5. The number of benzene rings is 2. The van der Waals surface area contributed by atoms with Crippen LogP contribution in [0, 0.1) is 17.7 Å². The number of halogens is 1. The smallest absolute Gasteiger partial charge is 0.332 e. The van der Waals surface area contributed by atoms with Crippen LogP contribution in [0.5, 0.6) is 5.75 Å². The highest BCUT2D eigenvalue weighted by molar-refractivity contribution is 5.75. The van der Waals surface area contributed by atoms with E-state index in [0.29, 0.717) is 47.8 Å². The monoisotopic (exact) mass is 460 g/mol. The molecule has 0 aliphatic carbocycles. The zero-order valence-corrected chi connectivity index (χ0v) is 19.1. The van der Waals surface area contributed by atoms with Gasteiger partial charge in [-0.3, -0.25) is 13.9 Å². The normalized spacial score (nSPS) is 10.8. The second kappa shape index (κ2) is 10.2. The second-order valence-electron chi connectivity index (χ2n) is 7.80. The summed E-state index contributed by atoms with van der Waals surface area (Å²) < 4.78 is 21.7. The quantitative estimate of drug-likeness (QED) is 0.424. The summed E-state index contributed by atoms with van der Waals surface area (Å²) in [5.41, 5.74) is 1.35. The number of aryl methyl sites for hydroxylation is 1. The maximum Gasteiger partial charge on any atom is 0.332 e. The molecule has 8 heteroatoms. The van der Waals surface area contributed by atoms with Crippen molar-refractivity contribution in [3.8, 4) is 29.0 Å². The van der Waals surface area contributed by atoms with Crippen LogP contribution in [0.4, 0.5) is 4.39 Å². The van der Waals surface area contributed by atoms with Crippen LogP contribution in [-0.4, -0.2) is 25.7 Å². The molecule has 4 rings (SSSR count). The molecule has 0 saturated heterocycles. The fourth-order valence-corrected chi connectivity index (χ4v) is 3.68. The van der Waals surface area contributed by atoms with Gasteiger partial charge in [-0.15, -0.1) is 0 Å². The van der Waals surface area contributed by atoms with Crippen molar-refractivity contribution in [1.82, 2.24) is 19.1 Å². The average Bonchev–Trinajstić information content (AvgIpc) is 3.28. The van der Waals surface area contributed by atoms with Crippen LogP contribution in [0.1, 0.15) is 32.3 Å². The highest BCUT2D eigenvalue weighted by Crippen LogP contribution is 2.21. The number of H-pyrrole nitrogens is 1. The van der Waals surface area contributed by atoms with Gasteiger partial charge < -0.3 is 9.72 Å². The zero-order valence-electron chi connectivity index (χ0n) is 19.1. The number of hydrogen-bond acceptors (Lipinski definition) is 4. The number of aromatic nitrogens is 4. The lowest BCUT2D eigenvalue weighted by molar-refractivity contribution is 0.370. The molecule has 2 aromatic heterocycles. The minimum Gasteiger partial charge on any atom is -0.481 e. The van der Waals surface area contributed by atoms with Crippen LogP contribution in [0.2, 0.25) is 0 Å². The molecule has 2 aromatic carbocycles. The Labute approximate surface area is 195 Å². The molecule has 0 saturated carbocycles. The van der Waals surface area contributed by atoms with E-state index < -0.39 is 0 Å². The Bertz CT molecular complexity index is 1490. The Hall–Kier alpha value is -4.12. The van der Waals surface area contributed by atoms with Crippen molar-refractivity contribution in [2.45, 2.75) is 39.8 Å². The molecule has 2 heterocycles. The Morgan fingerprint density at radius 2 is 1.76 bits per heavy atom. The minimum atomic E-state index is -0.357. The molecule has 0 spiro atoms. The van der Waals surface area contributed by atoms with Crippen molar-refractivity contribution in [3.63, 3.8) is 0 Å². The van der Waals surface area contributed by atoms with Gasteiger partial charge in [0.2, 0.25) is 0 Å². The summed E-state index contributed by atoms with van der Waals surface area (Å²) >= 11 is 0. The maximum atomic E-state index is 13.2. The number of nitrogens with one attached hydrogen (secondary N) is 1. The minimum absolute atomic E-state index is 0.154. The molecule has 0 unspecified atom stereocenters. The lowest BCUT2D eigenvalue weighted by Crippen LogP contribution is -2.40. The highest BCUT2D eigenvalue weighted by atomic mass is 19.1. The molecule has 0 radical (unpaired) electrons. The zero-order chi connectivity index (χ0) is 24.1. The van der Waals surface area contributed by atoms with Gasteiger partial charge in [-0.1, -0.05) is 31.8 Å². The molecule has 7 nitrogen and oxygen atoms in total. The number of ether oxygens (including phenoxy) is 1. The largest absolute Gasteiger partial charge is 0.481 e. The van der Waals surface area contributed by atoms with E-state index in [0.717, 1.165) is 12.0 Å². The van der Waals surface area contributed by atoms with E-state index in [4.69, 9.17) is 4.74 Å². The molecule has 4 aromatic rings. The van der Waals surface area contributed by atoms with Gasteiger partial charge >= 0.3 is 5.69 Å². The lowest BCUT2D eigenvalue weighted by Gasteiger charge is -2.09. The summed E-state index contributed by atoms with van der Waals surface area (Å²) in [6.45, 7) is 4.89. The summed E-state index contributed by atoms with van der Waals surface area (Å²) in [7, 11) is 0. The van der Waals surface area contributed by atoms with Gasteiger partial charge in [0, 0.05) is 24.2 Å². The number of fused-ring (bicyclic) bond motifs is 1. The number of aromatic amines is 1. The Kier molecular flexibility index (Phi) is 6.93. The fraction of sp³-hybridized carbons (Fsp3) is 0.269. The van der Waals surface area contributed by atoms with Crippen LogP contribution >= 0.6 is 0 Å². The summed E-state index contributed by atoms with van der Waals surface area (Å²) in [5, 5.41) is 0. The van der Waals surface area contributed by atoms with Gasteiger partial charge in [-0.05, 0) is 55.3 Å². The van der Waals surface area contributed by atoms with Crippen LogP contribution in [0.3, 0.4) is 0 Å². The van der Waals surface area contributed by atoms with Gasteiger partial charge in [0.25, 0.3) is 5.56 Å². The summed E-state index contributed by atoms with van der Waals surface area (Å²) in [6.07, 6.45) is 1.43. The van der Waals surface area contributed by atoms with Crippen LogP contribution in [0.15, 0.2) is 58.1 Å². The molecule has 0 amide bonds. The molecule has 0 fully saturated rings. The molecule has 1 N–H and O–H groups in total. The lowest BCUT2D eigenvalue weighted by atomic mass is 10.2. The van der Waals surface area contributed by atoms with Gasteiger partial charge in [-0.25, -0.2) is 14.2 Å². The molecular formula is C26H25FN4O3. The van der Waals surface area contributed by atoms with Crippen molar-refractivity contribution in [1.29, 1.82) is 0 Å². The average molecular weight is 461 g/mol. The number of nitrogens with zero attached hydrogens (tertiary/aromatic N) is 3. The molecular weight excluding hydrogens is 435 g/mol. The predicted molar refractivity (Wildman–Crippen MR) is 129 cm³/mol. The van der Waals surface area contributed by atoms with Gasteiger partial charge in [0.1, 0.15) is 29.5 Å². The molecule has 0 aliphatic rings. The van der Waals surface area contributed by atoms with E-state index in [2.05, 4.69) is 21.8 Å². The van der Waals surface area contributed by atoms with E-state index >= 15 is 0 Å². The molecule has 0 bridgehead atoms. The highest BCUT2D eigenvalue weighted by Gasteiger charge is 2.17. The molecule has 0 atom stereocenters. The van der Waals surface area contributed by atoms with E-state index in [1.165, 1.54) is 16.7 Å². The number of rotatable bonds is 7. The standard InChI is InChI=1S/C26H25FN4O3/c1-3-14-30-24-22(25(32)31(15-4-2)26(30)33)28-23(29-24)19-10-12-21(13-11-19)34-16-6-8-18-7-5-9-20(27)17-18/h5,7,9-13,17H,3-4,14-16H2,1-2H3,(H,28,29). The van der Waals surface area contributed by atoms with Crippen molar-refractivity contribution in [3.05, 3.63) is 80.7 Å². The van der Waals surface area contributed by atoms with E-state index in [1.54, 1.807) is 28.8 Å². The molecule has 174 valence electrons. The van der Waals surface area contributed by atoms with Crippen LogP contribution in [0.25, 0.3) is 22.6 Å². The van der Waals surface area contributed by atoms with Crippen molar-refractivity contribution >= 4 is 11.2 Å². The maximum absolute atomic E-state index is 13.2. The third-order valence-electron chi connectivity index (χ3n) is 5.25. The first-order valence-corrected chi connectivity index (χ1v) is 11.2. The Morgan fingerprint density at radius 1 is 1.03 bits per heavy atom. The SMILES string of the molecule is CCCn1c(=O)c2[nH]c(-c3ccc(OCC#Cc4cccc(F)c4)cc3)nc2n(CCC)c1=O. The summed E-state index contributed by atoms with van der Waals surface area (Å²) in [4.78, 5) is 33.4. The first kappa shape index (κ1) is 23.1. The van der Waals surface area contributed by atoms with Crippen LogP contribution < -0.4 is 16.0 Å². The summed E-state index contributed by atoms with van der Waals surface area (Å²) in [6, 6.07) is 13.3. The van der Waals surface area contributed by atoms with Crippen molar-refractivity contribution in [2.24, 2.45) is 0 Å². The summed E-state index contributed by atoms with van der Waals surface area (Å²) in [5.74, 6) is 6.50. The number of hydrogen-bond donors (Lipinski definition) is 1. The predicted octanol–water partition coefficient (Wildman–Crippen LogP) is 3.94. The van der Waals surface area contributed by atoms with Gasteiger partial charge in [0.15, 0.2) is 5.65 Å². The fourth-order valence-electron chi connectivity index (χ4n) is 3.68. The third-order valence-corrected chi connectivity index (χ3v) is 5.25. The topological polar surface area (TPSA) is 81.9 Å².